The molecule has 0 amide bonds. The van der Waals surface area contributed by atoms with Crippen LogP contribution in [-0.4, -0.2) is 27.3 Å². The predicted octanol–water partition coefficient (Wildman–Crippen LogP) is -1.95. The second kappa shape index (κ2) is 2.77. The third-order valence-electron chi connectivity index (χ3n) is 1.22. The quantitative estimate of drug-likeness (QED) is 0.352. The molecular formula is C5H7BN2O3. The molecule has 0 saturated carbocycles. The van der Waals surface area contributed by atoms with Gasteiger partial charge in [0.2, 0.25) is 0 Å². The van der Waals surface area contributed by atoms with Crippen molar-refractivity contribution < 1.29 is 15.2 Å². The Morgan fingerprint density at radius 1 is 1.45 bits per heavy atom. The smallest absolute Gasteiger partial charge is 0.490 e. The lowest BCUT2D eigenvalue weighted by Gasteiger charge is -2.00. The summed E-state index contributed by atoms with van der Waals surface area (Å²) in [4.78, 5) is 3.51. The number of aromatic hydroxyl groups is 1. The first-order valence-electron chi connectivity index (χ1n) is 2.92. The summed E-state index contributed by atoms with van der Waals surface area (Å²) in [7, 11) is -1.63. The van der Waals surface area contributed by atoms with Crippen LogP contribution in [0.15, 0.2) is 12.3 Å². The van der Waals surface area contributed by atoms with E-state index in [1.807, 2.05) is 0 Å². The summed E-state index contributed by atoms with van der Waals surface area (Å²) < 4.78 is 0. The van der Waals surface area contributed by atoms with Crippen LogP contribution in [0.25, 0.3) is 0 Å². The average Bonchev–Trinajstić information content (AvgIpc) is 1.94. The molecule has 0 spiro atoms. The topological polar surface area (TPSA) is 99.6 Å². The van der Waals surface area contributed by atoms with Gasteiger partial charge >= 0.3 is 7.12 Å². The highest BCUT2D eigenvalue weighted by Gasteiger charge is 2.12. The van der Waals surface area contributed by atoms with Crippen LogP contribution >= 0.6 is 0 Å². The van der Waals surface area contributed by atoms with E-state index in [0.29, 0.717) is 0 Å². The molecule has 1 aromatic heterocycles. The number of nitrogen functional groups attached to an aromatic ring is 1. The number of anilines is 1. The molecule has 0 aromatic carbocycles. The van der Waals surface area contributed by atoms with Crippen LogP contribution in [0.3, 0.4) is 0 Å². The zero-order valence-corrected chi connectivity index (χ0v) is 5.60. The fourth-order valence-corrected chi connectivity index (χ4v) is 0.620. The van der Waals surface area contributed by atoms with Crippen LogP contribution in [0.4, 0.5) is 5.82 Å². The molecule has 0 aliphatic carbocycles. The predicted molar refractivity (Wildman–Crippen MR) is 40.1 cm³/mol. The third kappa shape index (κ3) is 1.60. The molecule has 0 bridgehead atoms. The second-order valence-corrected chi connectivity index (χ2v) is 2.05. The lowest BCUT2D eigenvalue weighted by Crippen LogP contribution is -2.30. The molecule has 5 nitrogen and oxygen atoms in total. The van der Waals surface area contributed by atoms with E-state index in [1.54, 1.807) is 0 Å². The minimum absolute atomic E-state index is 0.0330. The molecule has 0 radical (unpaired) electrons. The van der Waals surface area contributed by atoms with Crippen molar-refractivity contribution in [3.8, 4) is 5.75 Å². The average molecular weight is 154 g/mol. The summed E-state index contributed by atoms with van der Waals surface area (Å²) in [5.74, 6) is -0.287. The summed E-state index contributed by atoms with van der Waals surface area (Å²) in [6.07, 6.45) is 1.18. The Balaban J connectivity index is 3.05. The van der Waals surface area contributed by atoms with E-state index < -0.39 is 7.12 Å². The van der Waals surface area contributed by atoms with E-state index >= 15 is 0 Å². The van der Waals surface area contributed by atoms with E-state index in [9.17, 15) is 0 Å². The van der Waals surface area contributed by atoms with Gasteiger partial charge < -0.3 is 20.9 Å². The first kappa shape index (κ1) is 7.84. The normalized spacial score (nSPS) is 9.64. The van der Waals surface area contributed by atoms with E-state index in [1.165, 1.54) is 6.20 Å². The zero-order chi connectivity index (χ0) is 8.43. The number of hydrogen-bond acceptors (Lipinski definition) is 5. The number of hydrogen-bond donors (Lipinski definition) is 4. The van der Waals surface area contributed by atoms with Crippen molar-refractivity contribution in [2.24, 2.45) is 0 Å². The maximum atomic E-state index is 8.94. The van der Waals surface area contributed by atoms with E-state index in [2.05, 4.69) is 4.98 Å². The van der Waals surface area contributed by atoms with Crippen LogP contribution < -0.4 is 11.2 Å². The lowest BCUT2D eigenvalue weighted by atomic mass is 9.81. The second-order valence-electron chi connectivity index (χ2n) is 2.05. The molecular weight excluding hydrogens is 147 g/mol. The molecule has 6 heteroatoms. The molecule has 5 N–H and O–H groups in total. The van der Waals surface area contributed by atoms with Crippen LogP contribution in [0.5, 0.6) is 5.75 Å². The summed E-state index contributed by atoms with van der Waals surface area (Å²) in [5, 5.41) is 26.1. The van der Waals surface area contributed by atoms with Gasteiger partial charge in [0.1, 0.15) is 0 Å². The Hall–Kier alpha value is -1.27. The third-order valence-corrected chi connectivity index (χ3v) is 1.22. The Kier molecular flexibility index (Phi) is 1.97. The Bertz CT molecular complexity index is 266. The molecule has 0 atom stereocenters. The van der Waals surface area contributed by atoms with Gasteiger partial charge in [-0.25, -0.2) is 4.98 Å². The standard InChI is InChI=1S/C5H7BN2O3/c7-5-4(9)1-3(2-8-5)6(10)11/h1-2,9-11H,(H2,7,8). The molecule has 0 aliphatic rings. The maximum Gasteiger partial charge on any atom is 0.490 e. The van der Waals surface area contributed by atoms with E-state index in [-0.39, 0.29) is 17.0 Å². The number of nitrogens with zero attached hydrogens (tertiary/aromatic N) is 1. The number of aromatic nitrogens is 1. The van der Waals surface area contributed by atoms with Gasteiger partial charge in [-0.15, -0.1) is 0 Å². The summed E-state index contributed by atoms with van der Waals surface area (Å²) >= 11 is 0. The summed E-state index contributed by atoms with van der Waals surface area (Å²) in [6, 6.07) is 1.15. The lowest BCUT2D eigenvalue weighted by molar-refractivity contribution is 0.424. The zero-order valence-electron chi connectivity index (χ0n) is 5.60. The molecule has 1 heterocycles. The number of nitrogens with two attached hydrogens (primary N) is 1. The molecule has 58 valence electrons. The largest absolute Gasteiger partial charge is 0.504 e. The SMILES string of the molecule is Nc1ncc(B(O)O)cc1O. The maximum absolute atomic E-state index is 8.94. The molecule has 1 rings (SSSR count). The van der Waals surface area contributed by atoms with Crippen molar-refractivity contribution in [3.05, 3.63) is 12.3 Å². The first-order valence-corrected chi connectivity index (χ1v) is 2.92. The molecule has 0 aliphatic heterocycles. The van der Waals surface area contributed by atoms with Crippen LogP contribution in [0.1, 0.15) is 0 Å². The van der Waals surface area contributed by atoms with Crippen molar-refractivity contribution in [2.75, 3.05) is 5.73 Å². The Morgan fingerprint density at radius 2 is 2.09 bits per heavy atom. The summed E-state index contributed by atoms with van der Waals surface area (Å²) in [6.45, 7) is 0. The first-order chi connectivity index (χ1) is 5.11. The van der Waals surface area contributed by atoms with Gasteiger partial charge in [0.15, 0.2) is 11.6 Å². The highest BCUT2D eigenvalue weighted by Crippen LogP contribution is 2.12. The molecule has 0 unspecified atom stereocenters. The fraction of sp³-hybridized carbons (Fsp3) is 0. The van der Waals surface area contributed by atoms with Gasteiger partial charge in [0.25, 0.3) is 0 Å². The molecule has 1 aromatic rings. The molecule has 0 fully saturated rings. The summed E-state index contributed by atoms with van der Waals surface area (Å²) in [5.41, 5.74) is 5.27. The van der Waals surface area contributed by atoms with Crippen molar-refractivity contribution in [2.45, 2.75) is 0 Å². The van der Waals surface area contributed by atoms with Crippen LogP contribution in [0, 0.1) is 0 Å². The minimum atomic E-state index is -1.63. The van der Waals surface area contributed by atoms with Crippen LogP contribution in [-0.2, 0) is 0 Å². The fourth-order valence-electron chi connectivity index (χ4n) is 0.620. The van der Waals surface area contributed by atoms with E-state index in [0.717, 1.165) is 6.07 Å². The monoisotopic (exact) mass is 154 g/mol. The van der Waals surface area contributed by atoms with Gasteiger partial charge in [0.05, 0.1) is 0 Å². The number of rotatable bonds is 1. The van der Waals surface area contributed by atoms with Gasteiger partial charge in [-0.05, 0) is 6.07 Å². The minimum Gasteiger partial charge on any atom is -0.504 e. The van der Waals surface area contributed by atoms with Gasteiger partial charge in [-0.3, -0.25) is 0 Å². The van der Waals surface area contributed by atoms with Crippen molar-refractivity contribution in [3.63, 3.8) is 0 Å². The Labute approximate surface area is 63.3 Å². The van der Waals surface area contributed by atoms with Gasteiger partial charge in [-0.2, -0.15) is 0 Å². The van der Waals surface area contributed by atoms with Gasteiger partial charge in [0, 0.05) is 11.7 Å². The number of pyridine rings is 1. The molecule has 0 saturated heterocycles. The van der Waals surface area contributed by atoms with Crippen LogP contribution in [0.2, 0.25) is 0 Å². The van der Waals surface area contributed by atoms with Crippen molar-refractivity contribution in [1.82, 2.24) is 4.98 Å². The highest BCUT2D eigenvalue weighted by molar-refractivity contribution is 6.58. The molecule has 11 heavy (non-hydrogen) atoms. The Morgan fingerprint density at radius 3 is 2.55 bits per heavy atom. The highest BCUT2D eigenvalue weighted by atomic mass is 16.4. The van der Waals surface area contributed by atoms with E-state index in [4.69, 9.17) is 20.9 Å². The van der Waals surface area contributed by atoms with Gasteiger partial charge in [-0.1, -0.05) is 0 Å². The van der Waals surface area contributed by atoms with Crippen molar-refractivity contribution >= 4 is 18.4 Å². The van der Waals surface area contributed by atoms with Crippen molar-refractivity contribution in [1.29, 1.82) is 0 Å².